The molecule has 0 atom stereocenters. The second kappa shape index (κ2) is 5.90. The van der Waals surface area contributed by atoms with E-state index in [-0.39, 0.29) is 12.4 Å². The first-order valence-electron chi connectivity index (χ1n) is 6.32. The van der Waals surface area contributed by atoms with Crippen molar-refractivity contribution in [3.8, 4) is 5.75 Å². The molecule has 0 radical (unpaired) electrons. The topological polar surface area (TPSA) is 50.8 Å². The molecule has 9 heteroatoms. The van der Waals surface area contributed by atoms with Crippen molar-refractivity contribution in [2.75, 3.05) is 0 Å². The lowest BCUT2D eigenvalue weighted by Crippen LogP contribution is -2.08. The van der Waals surface area contributed by atoms with Gasteiger partial charge in [0, 0.05) is 12.3 Å². The van der Waals surface area contributed by atoms with E-state index in [1.165, 1.54) is 6.07 Å². The molecule has 0 aliphatic carbocycles. The highest BCUT2D eigenvalue weighted by Crippen LogP contribution is 2.30. The van der Waals surface area contributed by atoms with Crippen LogP contribution in [0, 0.1) is 0 Å². The highest BCUT2D eigenvalue weighted by Gasteiger charge is 2.32. The van der Waals surface area contributed by atoms with Crippen LogP contribution in [0.2, 0.25) is 10.0 Å². The van der Waals surface area contributed by atoms with E-state index in [1.54, 1.807) is 12.1 Å². The molecule has 0 unspecified atom stereocenters. The van der Waals surface area contributed by atoms with Crippen LogP contribution >= 0.6 is 23.2 Å². The molecule has 120 valence electrons. The Bertz CT molecular complexity index is 825. The fraction of sp³-hybridized carbons (Fsp3) is 0.143. The third-order valence-corrected chi connectivity index (χ3v) is 3.69. The van der Waals surface area contributed by atoms with E-state index >= 15 is 0 Å². The van der Waals surface area contributed by atoms with Gasteiger partial charge in [0.2, 0.25) is 0 Å². The lowest BCUT2D eigenvalue weighted by molar-refractivity contribution is -0.141. The Labute approximate surface area is 138 Å². The number of hydrogen-bond donors (Lipinski definition) is 1. The molecule has 2 heterocycles. The van der Waals surface area contributed by atoms with E-state index < -0.39 is 11.9 Å². The summed E-state index contributed by atoms with van der Waals surface area (Å²) in [6, 6.07) is 5.37. The second-order valence-electron chi connectivity index (χ2n) is 4.63. The third-order valence-electron chi connectivity index (χ3n) is 2.97. The summed E-state index contributed by atoms with van der Waals surface area (Å²) in [6.07, 6.45) is -3.48. The number of hydrogen-bond acceptors (Lipinski definition) is 3. The Morgan fingerprint density at radius 1 is 1.13 bits per heavy atom. The van der Waals surface area contributed by atoms with Gasteiger partial charge in [0.05, 0.1) is 21.1 Å². The number of fused-ring (bicyclic) bond motifs is 1. The highest BCUT2D eigenvalue weighted by molar-refractivity contribution is 6.42. The zero-order chi connectivity index (χ0) is 16.6. The van der Waals surface area contributed by atoms with Crippen LogP contribution in [0.25, 0.3) is 11.0 Å². The number of halogens is 5. The first-order valence-corrected chi connectivity index (χ1v) is 7.08. The number of rotatable bonds is 3. The molecular weight excluding hydrogens is 354 g/mol. The number of imidazole rings is 1. The molecule has 0 aliphatic heterocycles. The van der Waals surface area contributed by atoms with Gasteiger partial charge in [0.1, 0.15) is 23.9 Å². The number of aromatic nitrogens is 3. The van der Waals surface area contributed by atoms with Crippen LogP contribution in [0.4, 0.5) is 13.2 Å². The molecule has 0 aliphatic rings. The second-order valence-corrected chi connectivity index (χ2v) is 5.44. The van der Waals surface area contributed by atoms with Gasteiger partial charge in [0.15, 0.2) is 0 Å². The van der Waals surface area contributed by atoms with Crippen molar-refractivity contribution in [3.05, 3.63) is 52.0 Å². The lowest BCUT2D eigenvalue weighted by Gasteiger charge is -2.08. The Morgan fingerprint density at radius 3 is 2.61 bits per heavy atom. The number of alkyl halides is 3. The molecule has 0 spiro atoms. The molecule has 0 saturated carbocycles. The van der Waals surface area contributed by atoms with Crippen LogP contribution in [0.3, 0.4) is 0 Å². The number of H-pyrrole nitrogens is 1. The zero-order valence-electron chi connectivity index (χ0n) is 11.3. The number of nitrogens with zero attached hydrogens (tertiary/aromatic N) is 2. The van der Waals surface area contributed by atoms with E-state index in [0.717, 1.165) is 12.3 Å². The minimum absolute atomic E-state index is 0.0365. The van der Waals surface area contributed by atoms with Crippen LogP contribution in [-0.2, 0) is 12.8 Å². The van der Waals surface area contributed by atoms with Crippen LogP contribution in [0.5, 0.6) is 5.75 Å². The standard InChI is InChI=1S/C14H8Cl2F3N3O/c15-8-4-10-11(5-9(8)16)22-13(21-10)6-23-7-1-2-20-12(3-7)14(17,18)19/h1-5H,6H2,(H,21,22). The molecule has 4 nitrogen and oxygen atoms in total. The molecule has 0 amide bonds. The number of pyridine rings is 1. The summed E-state index contributed by atoms with van der Waals surface area (Å²) in [5.41, 5.74) is 0.227. The largest absolute Gasteiger partial charge is 0.486 e. The third kappa shape index (κ3) is 3.51. The predicted molar refractivity (Wildman–Crippen MR) is 79.7 cm³/mol. The van der Waals surface area contributed by atoms with E-state index in [4.69, 9.17) is 27.9 Å². The summed E-state index contributed by atoms with van der Waals surface area (Å²) < 4.78 is 43.1. The molecule has 0 bridgehead atoms. The predicted octanol–water partition coefficient (Wildman–Crippen LogP) is 4.86. The molecule has 2 aromatic heterocycles. The molecule has 3 rings (SSSR count). The number of benzene rings is 1. The Hall–Kier alpha value is -1.99. The SMILES string of the molecule is FC(F)(F)c1cc(OCc2nc3cc(Cl)c(Cl)cc3[nH]2)ccn1. The summed E-state index contributed by atoms with van der Waals surface area (Å²) in [5, 5.41) is 0.737. The maximum Gasteiger partial charge on any atom is 0.433 e. The van der Waals surface area contributed by atoms with Crippen molar-refractivity contribution >= 4 is 34.2 Å². The van der Waals surface area contributed by atoms with Crippen molar-refractivity contribution in [3.63, 3.8) is 0 Å². The van der Waals surface area contributed by atoms with E-state index in [9.17, 15) is 13.2 Å². The van der Waals surface area contributed by atoms with Gasteiger partial charge in [-0.05, 0) is 18.2 Å². The Morgan fingerprint density at radius 2 is 1.87 bits per heavy atom. The average Bonchev–Trinajstić information content (AvgIpc) is 2.87. The minimum atomic E-state index is -4.52. The van der Waals surface area contributed by atoms with Crippen molar-refractivity contribution in [1.29, 1.82) is 0 Å². The number of ether oxygens (including phenoxy) is 1. The molecule has 23 heavy (non-hydrogen) atoms. The Balaban J connectivity index is 1.78. The fourth-order valence-electron chi connectivity index (χ4n) is 1.93. The number of aromatic amines is 1. The zero-order valence-corrected chi connectivity index (χ0v) is 12.8. The Kier molecular flexibility index (Phi) is 4.08. The van der Waals surface area contributed by atoms with Crippen LogP contribution in [-0.4, -0.2) is 15.0 Å². The monoisotopic (exact) mass is 361 g/mol. The van der Waals surface area contributed by atoms with Crippen LogP contribution in [0.1, 0.15) is 11.5 Å². The highest BCUT2D eigenvalue weighted by atomic mass is 35.5. The first kappa shape index (κ1) is 15.9. The summed E-state index contributed by atoms with van der Waals surface area (Å²) in [4.78, 5) is 10.5. The maximum atomic E-state index is 12.6. The summed E-state index contributed by atoms with van der Waals surface area (Å²) in [7, 11) is 0. The molecule has 1 N–H and O–H groups in total. The van der Waals surface area contributed by atoms with Crippen molar-refractivity contribution in [2.45, 2.75) is 12.8 Å². The van der Waals surface area contributed by atoms with Crippen molar-refractivity contribution < 1.29 is 17.9 Å². The quantitative estimate of drug-likeness (QED) is 0.724. The molecular formula is C14H8Cl2F3N3O. The molecule has 0 fully saturated rings. The lowest BCUT2D eigenvalue weighted by atomic mass is 10.3. The normalized spacial score (nSPS) is 11.9. The van der Waals surface area contributed by atoms with Gasteiger partial charge in [-0.2, -0.15) is 13.2 Å². The van der Waals surface area contributed by atoms with Gasteiger partial charge >= 0.3 is 6.18 Å². The van der Waals surface area contributed by atoms with E-state index in [1.807, 2.05) is 0 Å². The smallest absolute Gasteiger partial charge is 0.433 e. The fourth-order valence-corrected chi connectivity index (χ4v) is 2.26. The molecule has 1 aromatic carbocycles. The molecule has 0 saturated heterocycles. The number of nitrogens with one attached hydrogen (secondary N) is 1. The van der Waals surface area contributed by atoms with Gasteiger partial charge < -0.3 is 9.72 Å². The van der Waals surface area contributed by atoms with Crippen LogP contribution in [0.15, 0.2) is 30.5 Å². The van der Waals surface area contributed by atoms with Gasteiger partial charge in [-0.3, -0.25) is 4.98 Å². The van der Waals surface area contributed by atoms with E-state index in [2.05, 4.69) is 15.0 Å². The average molecular weight is 362 g/mol. The van der Waals surface area contributed by atoms with Gasteiger partial charge in [-0.25, -0.2) is 4.98 Å². The van der Waals surface area contributed by atoms with Gasteiger partial charge in [0.25, 0.3) is 0 Å². The summed E-state index contributed by atoms with van der Waals surface area (Å²) in [6.45, 7) is -0.0365. The minimum Gasteiger partial charge on any atom is -0.486 e. The van der Waals surface area contributed by atoms with E-state index in [0.29, 0.717) is 26.9 Å². The van der Waals surface area contributed by atoms with Crippen molar-refractivity contribution in [2.24, 2.45) is 0 Å². The first-order chi connectivity index (χ1) is 10.8. The van der Waals surface area contributed by atoms with Gasteiger partial charge in [-0.15, -0.1) is 0 Å². The van der Waals surface area contributed by atoms with Gasteiger partial charge in [-0.1, -0.05) is 23.2 Å². The molecule has 3 aromatic rings. The maximum absolute atomic E-state index is 12.6. The summed E-state index contributed by atoms with van der Waals surface area (Å²) >= 11 is 11.8. The van der Waals surface area contributed by atoms with Crippen LogP contribution < -0.4 is 4.74 Å². The van der Waals surface area contributed by atoms with Crippen molar-refractivity contribution in [1.82, 2.24) is 15.0 Å². The summed E-state index contributed by atoms with van der Waals surface area (Å²) in [5.74, 6) is 0.479.